The third kappa shape index (κ3) is 3.30. The van der Waals surface area contributed by atoms with E-state index in [4.69, 9.17) is 11.6 Å². The van der Waals surface area contributed by atoms with Gasteiger partial charge in [-0.05, 0) is 42.8 Å². The summed E-state index contributed by atoms with van der Waals surface area (Å²) in [5.74, 6) is -0.324. The first-order chi connectivity index (χ1) is 10.9. The number of benzene rings is 1. The van der Waals surface area contributed by atoms with Crippen molar-refractivity contribution >= 4 is 39.1 Å². The monoisotopic (exact) mass is 351 g/mol. The summed E-state index contributed by atoms with van der Waals surface area (Å²) in [6, 6.07) is 5.11. The molecule has 2 aliphatic heterocycles. The molecule has 0 unspecified atom stereocenters. The number of aryl methyl sites for hydroxylation is 1. The summed E-state index contributed by atoms with van der Waals surface area (Å²) in [4.78, 5) is 14.2. The quantitative estimate of drug-likeness (QED) is 0.884. The molecule has 1 amide bonds. The fourth-order valence-electron chi connectivity index (χ4n) is 2.35. The van der Waals surface area contributed by atoms with Crippen molar-refractivity contribution in [2.75, 3.05) is 17.6 Å². The largest absolute Gasteiger partial charge is 0.331 e. The van der Waals surface area contributed by atoms with E-state index in [0.717, 1.165) is 5.56 Å². The molecule has 120 valence electrons. The molecular weight excluding hydrogens is 338 g/mol. The van der Waals surface area contributed by atoms with Crippen LogP contribution in [0.25, 0.3) is 0 Å². The maximum atomic E-state index is 12.5. The van der Waals surface area contributed by atoms with Crippen molar-refractivity contribution in [1.82, 2.24) is 4.90 Å². The first-order valence-corrected chi connectivity index (χ1v) is 8.90. The Morgan fingerprint density at radius 2 is 2.17 bits per heavy atom. The molecule has 23 heavy (non-hydrogen) atoms. The molecule has 0 atom stereocenters. The third-order valence-electron chi connectivity index (χ3n) is 3.54. The molecule has 6 nitrogen and oxygen atoms in total. The first-order valence-electron chi connectivity index (χ1n) is 6.91. The second-order valence-corrected chi connectivity index (χ2v) is 7.42. The normalized spacial score (nSPS) is 18.8. The van der Waals surface area contributed by atoms with Crippen LogP contribution < -0.4 is 5.32 Å². The number of sulfonamides is 1. The Hall–Kier alpha value is -2.12. The molecule has 3 rings (SSSR count). The number of halogens is 1. The molecule has 2 aliphatic rings. The molecule has 0 bridgehead atoms. The van der Waals surface area contributed by atoms with Gasteiger partial charge in [-0.3, -0.25) is 4.79 Å². The second kappa shape index (κ2) is 5.82. The van der Waals surface area contributed by atoms with Crippen LogP contribution in [0.3, 0.4) is 0 Å². The molecule has 1 N–H and O–H groups in total. The maximum absolute atomic E-state index is 12.5. The van der Waals surface area contributed by atoms with E-state index in [1.807, 2.05) is 6.92 Å². The van der Waals surface area contributed by atoms with Crippen LogP contribution in [0.5, 0.6) is 0 Å². The minimum absolute atomic E-state index is 0.0635. The Labute approximate surface area is 139 Å². The molecule has 0 aromatic heterocycles. The molecule has 1 aromatic rings. The first kappa shape index (κ1) is 15.8. The Morgan fingerprint density at radius 1 is 1.39 bits per heavy atom. The molecule has 0 aliphatic carbocycles. The third-order valence-corrected chi connectivity index (χ3v) is 4.92. The zero-order chi connectivity index (χ0) is 16.6. The number of amides is 1. The van der Waals surface area contributed by atoms with Gasteiger partial charge in [0.05, 0.1) is 11.3 Å². The molecule has 0 spiro atoms. The summed E-state index contributed by atoms with van der Waals surface area (Å²) in [7, 11) is -3.53. The van der Waals surface area contributed by atoms with Gasteiger partial charge in [0.15, 0.2) is 5.84 Å². The summed E-state index contributed by atoms with van der Waals surface area (Å²) in [6.45, 7) is 2.10. The number of anilines is 1. The van der Waals surface area contributed by atoms with Crippen LogP contribution in [0, 0.1) is 6.92 Å². The Bertz CT molecular complexity index is 872. The average molecular weight is 352 g/mol. The van der Waals surface area contributed by atoms with Gasteiger partial charge >= 0.3 is 0 Å². The topological polar surface area (TPSA) is 78.8 Å². The van der Waals surface area contributed by atoms with E-state index in [-0.39, 0.29) is 23.7 Å². The number of carbonyl (C=O) groups excluding carboxylic acids is 1. The minimum Gasteiger partial charge on any atom is -0.331 e. The molecule has 0 radical (unpaired) electrons. The number of rotatable bonds is 2. The van der Waals surface area contributed by atoms with Crippen LogP contribution in [0.1, 0.15) is 5.56 Å². The van der Waals surface area contributed by atoms with E-state index in [1.165, 1.54) is 0 Å². The fraction of sp³-hybridized carbons (Fsp3) is 0.200. The Kier molecular flexibility index (Phi) is 3.99. The van der Waals surface area contributed by atoms with Crippen molar-refractivity contribution in [3.63, 3.8) is 0 Å². The summed E-state index contributed by atoms with van der Waals surface area (Å²) >= 11 is 5.90. The van der Waals surface area contributed by atoms with Gasteiger partial charge in [0.1, 0.15) is 0 Å². The summed E-state index contributed by atoms with van der Waals surface area (Å²) in [6.07, 6.45) is 4.95. The van der Waals surface area contributed by atoms with Crippen molar-refractivity contribution in [3.8, 4) is 0 Å². The SMILES string of the molecule is Cc1cc(Cl)ccc1NC(=O)C1=CC=CN2CCS(=O)(=O)N=C12. The van der Waals surface area contributed by atoms with Crippen molar-refractivity contribution in [1.29, 1.82) is 0 Å². The Balaban J connectivity index is 1.91. The van der Waals surface area contributed by atoms with E-state index in [2.05, 4.69) is 9.71 Å². The number of nitrogens with one attached hydrogen (secondary N) is 1. The highest BCUT2D eigenvalue weighted by molar-refractivity contribution is 7.90. The predicted molar refractivity (Wildman–Crippen MR) is 90.0 cm³/mol. The van der Waals surface area contributed by atoms with Gasteiger partial charge in [0, 0.05) is 23.5 Å². The highest BCUT2D eigenvalue weighted by Crippen LogP contribution is 2.22. The standard InChI is InChI=1S/C15H14ClN3O3S/c1-10-9-11(16)4-5-13(10)17-15(20)12-3-2-6-19-7-8-23(21,22)18-14(12)19/h2-6,9H,7-8H2,1H3,(H,17,20). The molecule has 0 fully saturated rings. The van der Waals surface area contributed by atoms with Gasteiger partial charge in [-0.1, -0.05) is 11.6 Å². The van der Waals surface area contributed by atoms with Crippen LogP contribution in [-0.4, -0.2) is 37.4 Å². The average Bonchev–Trinajstić information content (AvgIpc) is 2.48. The Morgan fingerprint density at radius 3 is 2.91 bits per heavy atom. The predicted octanol–water partition coefficient (Wildman–Crippen LogP) is 2.08. The lowest BCUT2D eigenvalue weighted by molar-refractivity contribution is -0.112. The summed E-state index contributed by atoms with van der Waals surface area (Å²) in [5.41, 5.74) is 1.64. The van der Waals surface area contributed by atoms with Gasteiger partial charge in [0.25, 0.3) is 15.9 Å². The van der Waals surface area contributed by atoms with Crippen LogP contribution in [-0.2, 0) is 14.8 Å². The molecule has 8 heteroatoms. The molecule has 0 saturated carbocycles. The zero-order valence-electron chi connectivity index (χ0n) is 12.3. The van der Waals surface area contributed by atoms with Gasteiger partial charge in [-0.25, -0.2) is 8.42 Å². The lowest BCUT2D eigenvalue weighted by atomic mass is 10.1. The highest BCUT2D eigenvalue weighted by atomic mass is 35.5. The number of nitrogens with zero attached hydrogens (tertiary/aromatic N) is 2. The van der Waals surface area contributed by atoms with Gasteiger partial charge in [0.2, 0.25) is 0 Å². The lowest BCUT2D eigenvalue weighted by Crippen LogP contribution is -2.40. The number of carbonyl (C=O) groups is 1. The van der Waals surface area contributed by atoms with Gasteiger partial charge in [-0.15, -0.1) is 4.40 Å². The van der Waals surface area contributed by atoms with E-state index in [1.54, 1.807) is 41.5 Å². The van der Waals surface area contributed by atoms with Gasteiger partial charge < -0.3 is 10.2 Å². The molecule has 2 heterocycles. The van der Waals surface area contributed by atoms with E-state index in [0.29, 0.717) is 10.7 Å². The van der Waals surface area contributed by atoms with Crippen LogP contribution >= 0.6 is 11.6 Å². The smallest absolute Gasteiger partial charge is 0.259 e. The van der Waals surface area contributed by atoms with E-state index < -0.39 is 15.9 Å². The van der Waals surface area contributed by atoms with E-state index in [9.17, 15) is 13.2 Å². The van der Waals surface area contributed by atoms with Gasteiger partial charge in [-0.2, -0.15) is 0 Å². The van der Waals surface area contributed by atoms with Crippen LogP contribution in [0.4, 0.5) is 5.69 Å². The summed E-state index contributed by atoms with van der Waals surface area (Å²) in [5, 5.41) is 3.34. The number of fused-ring (bicyclic) bond motifs is 1. The molecule has 0 saturated heterocycles. The van der Waals surface area contributed by atoms with Crippen molar-refractivity contribution in [2.45, 2.75) is 6.92 Å². The van der Waals surface area contributed by atoms with Crippen molar-refractivity contribution in [3.05, 3.63) is 52.7 Å². The maximum Gasteiger partial charge on any atom is 0.259 e. The lowest BCUT2D eigenvalue weighted by Gasteiger charge is -2.28. The second-order valence-electron chi connectivity index (χ2n) is 5.23. The zero-order valence-corrected chi connectivity index (χ0v) is 13.9. The van der Waals surface area contributed by atoms with E-state index >= 15 is 0 Å². The highest BCUT2D eigenvalue weighted by Gasteiger charge is 2.30. The molecular formula is C15H14ClN3O3S. The van der Waals surface area contributed by atoms with Crippen LogP contribution in [0.2, 0.25) is 5.02 Å². The summed E-state index contributed by atoms with van der Waals surface area (Å²) < 4.78 is 27.2. The minimum atomic E-state index is -3.53. The molecule has 1 aromatic carbocycles. The fourth-order valence-corrected chi connectivity index (χ4v) is 3.56. The van der Waals surface area contributed by atoms with Crippen molar-refractivity contribution < 1.29 is 13.2 Å². The van der Waals surface area contributed by atoms with Crippen molar-refractivity contribution in [2.24, 2.45) is 4.40 Å². The van der Waals surface area contributed by atoms with Crippen LogP contribution in [0.15, 0.2) is 46.5 Å². The number of hydrogen-bond acceptors (Lipinski definition) is 4. The number of hydrogen-bond donors (Lipinski definition) is 1. The number of amidine groups is 1. The number of allylic oxidation sites excluding steroid dienone is 2.